The molecule has 0 fully saturated rings. The molecule has 2 nitrogen and oxygen atoms in total. The highest BCUT2D eigenvalue weighted by Crippen LogP contribution is 2.02. The number of nitrogens with zero attached hydrogens (tertiary/aromatic N) is 2. The van der Waals surface area contributed by atoms with Gasteiger partial charge in [0.15, 0.2) is 0 Å². The first kappa shape index (κ1) is 6.68. The number of hydrogen-bond acceptors (Lipinski definition) is 2. The first-order chi connectivity index (χ1) is 4.88. The highest BCUT2D eigenvalue weighted by atomic mass is 14.8. The van der Waals surface area contributed by atoms with Gasteiger partial charge in [-0.25, -0.2) is 0 Å². The minimum Gasteiger partial charge on any atom is -0.253 e. The van der Waals surface area contributed by atoms with E-state index in [9.17, 15) is 0 Å². The predicted molar refractivity (Wildman–Crippen MR) is 42.2 cm³/mol. The third-order valence-electron chi connectivity index (χ3n) is 1.14. The van der Waals surface area contributed by atoms with E-state index in [-0.39, 0.29) is 0 Å². The lowest BCUT2D eigenvalue weighted by molar-refractivity contribution is 1.16. The molecule has 0 aliphatic rings. The Labute approximate surface area is 60.0 Å². The van der Waals surface area contributed by atoms with Crippen molar-refractivity contribution in [2.24, 2.45) is 0 Å². The van der Waals surface area contributed by atoms with Gasteiger partial charge in [-0.2, -0.15) is 0 Å². The molecule has 0 aromatic carbocycles. The van der Waals surface area contributed by atoms with Gasteiger partial charge in [0.2, 0.25) is 0 Å². The van der Waals surface area contributed by atoms with Crippen LogP contribution >= 0.6 is 0 Å². The van der Waals surface area contributed by atoms with E-state index in [1.165, 1.54) is 0 Å². The summed E-state index contributed by atoms with van der Waals surface area (Å²) in [5, 5.41) is 0. The molecular weight excluding hydrogens is 124 g/mol. The van der Waals surface area contributed by atoms with Gasteiger partial charge in [-0.1, -0.05) is 13.2 Å². The van der Waals surface area contributed by atoms with Crippen LogP contribution in [0.5, 0.6) is 0 Å². The van der Waals surface area contributed by atoms with Gasteiger partial charge in [-0.3, -0.25) is 9.97 Å². The fourth-order valence-electron chi connectivity index (χ4n) is 0.674. The Morgan fingerprint density at radius 3 is 1.70 bits per heavy atom. The number of rotatable bonds is 2. The fraction of sp³-hybridized carbons (Fsp3) is 0. The minimum atomic E-state index is 0.775. The third kappa shape index (κ3) is 1.10. The average molecular weight is 132 g/mol. The molecule has 1 aromatic heterocycles. The lowest BCUT2D eigenvalue weighted by atomic mass is 10.3. The van der Waals surface area contributed by atoms with Gasteiger partial charge < -0.3 is 0 Å². The van der Waals surface area contributed by atoms with E-state index < -0.39 is 0 Å². The maximum Gasteiger partial charge on any atom is 0.0880 e. The summed E-state index contributed by atoms with van der Waals surface area (Å²) in [4.78, 5) is 8.03. The summed E-state index contributed by atoms with van der Waals surface area (Å²) in [5.74, 6) is 0. The molecule has 1 aromatic rings. The fourth-order valence-corrected chi connectivity index (χ4v) is 0.674. The summed E-state index contributed by atoms with van der Waals surface area (Å²) < 4.78 is 0. The van der Waals surface area contributed by atoms with E-state index in [0.29, 0.717) is 0 Å². The summed E-state index contributed by atoms with van der Waals surface area (Å²) in [6.07, 6.45) is 6.57. The SMILES string of the molecule is C=Cc1nccnc1C=C. The summed E-state index contributed by atoms with van der Waals surface area (Å²) in [6, 6.07) is 0. The topological polar surface area (TPSA) is 25.8 Å². The second-order valence-electron chi connectivity index (χ2n) is 1.74. The maximum atomic E-state index is 4.02. The van der Waals surface area contributed by atoms with Crippen LogP contribution in [-0.2, 0) is 0 Å². The smallest absolute Gasteiger partial charge is 0.0880 e. The van der Waals surface area contributed by atoms with Crippen molar-refractivity contribution in [2.75, 3.05) is 0 Å². The zero-order chi connectivity index (χ0) is 7.40. The first-order valence-electron chi connectivity index (χ1n) is 2.94. The van der Waals surface area contributed by atoms with Crippen LogP contribution in [0.3, 0.4) is 0 Å². The Hall–Kier alpha value is -1.44. The van der Waals surface area contributed by atoms with Crippen LogP contribution in [0, 0.1) is 0 Å². The van der Waals surface area contributed by atoms with Crippen LogP contribution < -0.4 is 0 Å². The second-order valence-corrected chi connectivity index (χ2v) is 1.74. The van der Waals surface area contributed by atoms with Crippen LogP contribution in [0.2, 0.25) is 0 Å². The molecule has 0 bridgehead atoms. The molecule has 10 heavy (non-hydrogen) atoms. The van der Waals surface area contributed by atoms with Crippen molar-refractivity contribution >= 4 is 12.2 Å². The highest BCUT2D eigenvalue weighted by molar-refractivity contribution is 5.56. The van der Waals surface area contributed by atoms with E-state index >= 15 is 0 Å². The van der Waals surface area contributed by atoms with E-state index in [4.69, 9.17) is 0 Å². The van der Waals surface area contributed by atoms with Crippen LogP contribution in [0.1, 0.15) is 11.4 Å². The average Bonchev–Trinajstić information content (AvgIpc) is 2.04. The quantitative estimate of drug-likeness (QED) is 0.612. The molecule has 0 N–H and O–H groups in total. The lowest BCUT2D eigenvalue weighted by Crippen LogP contribution is -1.87. The molecule has 0 saturated carbocycles. The Kier molecular flexibility index (Phi) is 1.95. The number of hydrogen-bond donors (Lipinski definition) is 0. The normalized spacial score (nSPS) is 8.80. The van der Waals surface area contributed by atoms with Crippen molar-refractivity contribution < 1.29 is 0 Å². The van der Waals surface area contributed by atoms with Crippen molar-refractivity contribution in [3.05, 3.63) is 36.9 Å². The van der Waals surface area contributed by atoms with E-state index in [0.717, 1.165) is 11.4 Å². The summed E-state index contributed by atoms with van der Waals surface area (Å²) in [7, 11) is 0. The molecule has 0 saturated heterocycles. The molecular formula is C8H8N2. The van der Waals surface area contributed by atoms with Gasteiger partial charge in [-0.15, -0.1) is 0 Å². The van der Waals surface area contributed by atoms with E-state index in [1.807, 2.05) is 0 Å². The summed E-state index contributed by atoms with van der Waals surface area (Å²) >= 11 is 0. The van der Waals surface area contributed by atoms with E-state index in [2.05, 4.69) is 23.1 Å². The van der Waals surface area contributed by atoms with Gasteiger partial charge >= 0.3 is 0 Å². The van der Waals surface area contributed by atoms with Gasteiger partial charge in [0.05, 0.1) is 11.4 Å². The standard InChI is InChI=1S/C8H8N2/c1-3-7-8(4-2)10-6-5-9-7/h3-6H,1-2H2. The van der Waals surface area contributed by atoms with Crippen molar-refractivity contribution in [2.45, 2.75) is 0 Å². The zero-order valence-corrected chi connectivity index (χ0v) is 5.62. The molecule has 2 heteroatoms. The number of aromatic nitrogens is 2. The molecule has 1 heterocycles. The Balaban J connectivity index is 3.20. The van der Waals surface area contributed by atoms with Gasteiger partial charge in [0, 0.05) is 12.4 Å². The maximum absolute atomic E-state index is 4.02. The largest absolute Gasteiger partial charge is 0.253 e. The zero-order valence-electron chi connectivity index (χ0n) is 5.62. The van der Waals surface area contributed by atoms with Crippen LogP contribution in [0.25, 0.3) is 12.2 Å². The van der Waals surface area contributed by atoms with Crippen LogP contribution in [0.15, 0.2) is 25.6 Å². The van der Waals surface area contributed by atoms with Crippen molar-refractivity contribution in [3.63, 3.8) is 0 Å². The third-order valence-corrected chi connectivity index (χ3v) is 1.14. The molecule has 1 rings (SSSR count). The Bertz CT molecular complexity index is 226. The summed E-state index contributed by atoms with van der Waals surface area (Å²) in [6.45, 7) is 7.18. The summed E-state index contributed by atoms with van der Waals surface area (Å²) in [5.41, 5.74) is 1.55. The van der Waals surface area contributed by atoms with Gasteiger partial charge in [0.1, 0.15) is 0 Å². The van der Waals surface area contributed by atoms with Crippen molar-refractivity contribution in [3.8, 4) is 0 Å². The van der Waals surface area contributed by atoms with Crippen molar-refractivity contribution in [1.29, 1.82) is 0 Å². The Morgan fingerprint density at radius 1 is 1.00 bits per heavy atom. The minimum absolute atomic E-state index is 0.775. The van der Waals surface area contributed by atoms with Gasteiger partial charge in [-0.05, 0) is 12.2 Å². The van der Waals surface area contributed by atoms with Crippen LogP contribution in [0.4, 0.5) is 0 Å². The second kappa shape index (κ2) is 2.92. The van der Waals surface area contributed by atoms with E-state index in [1.54, 1.807) is 24.5 Å². The lowest BCUT2D eigenvalue weighted by Gasteiger charge is -1.94. The van der Waals surface area contributed by atoms with Crippen molar-refractivity contribution in [1.82, 2.24) is 9.97 Å². The molecule has 0 radical (unpaired) electrons. The van der Waals surface area contributed by atoms with Gasteiger partial charge in [0.25, 0.3) is 0 Å². The highest BCUT2D eigenvalue weighted by Gasteiger charge is 1.93. The molecule has 0 unspecified atom stereocenters. The van der Waals surface area contributed by atoms with Crippen LogP contribution in [-0.4, -0.2) is 9.97 Å². The molecule has 0 aliphatic heterocycles. The monoisotopic (exact) mass is 132 g/mol. The molecule has 0 aliphatic carbocycles. The molecule has 50 valence electrons. The molecule has 0 atom stereocenters. The predicted octanol–water partition coefficient (Wildman–Crippen LogP) is 1.76. The molecule has 0 amide bonds. The Morgan fingerprint density at radius 2 is 1.40 bits per heavy atom. The first-order valence-corrected chi connectivity index (χ1v) is 2.94. The molecule has 0 spiro atoms.